The Balaban J connectivity index is 3.06. The van der Waals surface area contributed by atoms with Crippen molar-refractivity contribution in [3.05, 3.63) is 23.0 Å². The number of halogens is 2. The third kappa shape index (κ3) is 2.61. The highest BCUT2D eigenvalue weighted by molar-refractivity contribution is 5.29. The molecule has 4 heteroatoms. The number of alkyl halides is 2. The highest BCUT2D eigenvalue weighted by Gasteiger charge is 2.24. The van der Waals surface area contributed by atoms with E-state index in [2.05, 4.69) is 13.8 Å². The first-order valence-corrected chi connectivity index (χ1v) is 5.47. The van der Waals surface area contributed by atoms with Crippen LogP contribution in [0.2, 0.25) is 0 Å². The molecule has 0 aromatic carbocycles. The van der Waals surface area contributed by atoms with E-state index in [1.165, 1.54) is 0 Å². The van der Waals surface area contributed by atoms with Crippen LogP contribution in [0.4, 0.5) is 8.78 Å². The average molecular weight is 231 g/mol. The minimum atomic E-state index is -2.73. The van der Waals surface area contributed by atoms with Crippen LogP contribution in [0.25, 0.3) is 0 Å². The molecule has 1 unspecified atom stereocenters. The molecule has 0 amide bonds. The second kappa shape index (κ2) is 4.95. The Morgan fingerprint density at radius 2 is 1.88 bits per heavy atom. The quantitative estimate of drug-likeness (QED) is 0.846. The van der Waals surface area contributed by atoms with Gasteiger partial charge in [-0.2, -0.15) is 0 Å². The van der Waals surface area contributed by atoms with Crippen molar-refractivity contribution in [3.63, 3.8) is 0 Å². The number of hydrogen-bond acceptors (Lipinski definition) is 1. The van der Waals surface area contributed by atoms with Gasteiger partial charge in [-0.05, 0) is 25.8 Å². The first kappa shape index (κ1) is 13.2. The summed E-state index contributed by atoms with van der Waals surface area (Å²) in [5.74, 6) is 0.446. The summed E-state index contributed by atoms with van der Waals surface area (Å²) in [5.41, 5.74) is 1.99. The molecule has 0 saturated carbocycles. The van der Waals surface area contributed by atoms with Crippen LogP contribution in [0.15, 0.2) is 6.07 Å². The molecule has 1 atom stereocenters. The second-order valence-electron chi connectivity index (χ2n) is 4.61. The fourth-order valence-corrected chi connectivity index (χ4v) is 1.91. The summed E-state index contributed by atoms with van der Waals surface area (Å²) in [6, 6.07) is 1.65. The number of aryl methyl sites for hydroxylation is 1. The first-order chi connectivity index (χ1) is 7.34. The van der Waals surface area contributed by atoms with Gasteiger partial charge >= 0.3 is 0 Å². The second-order valence-corrected chi connectivity index (χ2v) is 4.61. The summed E-state index contributed by atoms with van der Waals surface area (Å²) < 4.78 is 26.9. The van der Waals surface area contributed by atoms with E-state index in [1.54, 1.807) is 13.0 Å². The third-order valence-corrected chi connectivity index (χ3v) is 2.72. The summed E-state index contributed by atoms with van der Waals surface area (Å²) in [5, 5.41) is 9.39. The summed E-state index contributed by atoms with van der Waals surface area (Å²) >= 11 is 0. The van der Waals surface area contributed by atoms with Crippen LogP contribution in [-0.2, 0) is 6.54 Å². The Hall–Kier alpha value is -0.900. The predicted molar refractivity (Wildman–Crippen MR) is 59.7 cm³/mol. The van der Waals surface area contributed by atoms with E-state index in [1.807, 2.05) is 11.5 Å². The molecule has 16 heavy (non-hydrogen) atoms. The van der Waals surface area contributed by atoms with Gasteiger partial charge in [-0.1, -0.05) is 13.8 Å². The molecule has 0 spiro atoms. The number of aromatic nitrogens is 1. The first-order valence-electron chi connectivity index (χ1n) is 5.47. The van der Waals surface area contributed by atoms with Crippen LogP contribution < -0.4 is 0 Å². The molecular weight excluding hydrogens is 212 g/mol. The highest BCUT2D eigenvalue weighted by Crippen LogP contribution is 2.27. The van der Waals surface area contributed by atoms with Crippen molar-refractivity contribution in [1.82, 2.24) is 4.57 Å². The van der Waals surface area contributed by atoms with Gasteiger partial charge in [0.2, 0.25) is 0 Å². The Morgan fingerprint density at radius 3 is 2.31 bits per heavy atom. The predicted octanol–water partition coefficient (Wildman–Crippen LogP) is 3.06. The minimum absolute atomic E-state index is 0.341. The normalized spacial score (nSPS) is 13.8. The topological polar surface area (TPSA) is 25.2 Å². The molecular formula is C12H19F2NO. The van der Waals surface area contributed by atoms with Gasteiger partial charge in [0.15, 0.2) is 0 Å². The molecule has 0 aliphatic rings. The Bertz CT molecular complexity index is 358. The SMILES string of the molecule is Cc1cc(C(O)C(F)F)c(C)n1CC(C)C. The van der Waals surface area contributed by atoms with Gasteiger partial charge < -0.3 is 9.67 Å². The lowest BCUT2D eigenvalue weighted by Gasteiger charge is -2.14. The molecule has 0 fully saturated rings. The molecule has 92 valence electrons. The summed E-state index contributed by atoms with van der Waals surface area (Å²) in [6.45, 7) is 8.57. The lowest BCUT2D eigenvalue weighted by atomic mass is 10.1. The smallest absolute Gasteiger partial charge is 0.268 e. The molecule has 0 aliphatic carbocycles. The van der Waals surface area contributed by atoms with Crippen LogP contribution in [0.3, 0.4) is 0 Å². The van der Waals surface area contributed by atoms with Crippen molar-refractivity contribution in [3.8, 4) is 0 Å². The van der Waals surface area contributed by atoms with Crippen LogP contribution in [0.5, 0.6) is 0 Å². The van der Waals surface area contributed by atoms with Crippen molar-refractivity contribution in [1.29, 1.82) is 0 Å². The standard InChI is InChI=1S/C12H19F2NO/c1-7(2)6-15-8(3)5-10(9(15)4)11(16)12(13)14/h5,7,11-12,16H,6H2,1-4H3. The molecule has 1 aromatic heterocycles. The average Bonchev–Trinajstić information content (AvgIpc) is 2.44. The number of nitrogens with zero attached hydrogens (tertiary/aromatic N) is 1. The van der Waals surface area contributed by atoms with Gasteiger partial charge in [0.05, 0.1) is 0 Å². The number of hydrogen-bond donors (Lipinski definition) is 1. The Labute approximate surface area is 94.9 Å². The zero-order valence-corrected chi connectivity index (χ0v) is 10.2. The van der Waals surface area contributed by atoms with Gasteiger partial charge in [-0.25, -0.2) is 8.78 Å². The lowest BCUT2D eigenvalue weighted by Crippen LogP contribution is -2.11. The van der Waals surface area contributed by atoms with Crippen LogP contribution >= 0.6 is 0 Å². The van der Waals surface area contributed by atoms with Gasteiger partial charge in [-0.3, -0.25) is 0 Å². The van der Waals surface area contributed by atoms with Crippen molar-refractivity contribution >= 4 is 0 Å². The number of rotatable bonds is 4. The van der Waals surface area contributed by atoms with Crippen molar-refractivity contribution in [2.75, 3.05) is 0 Å². The van der Waals surface area contributed by atoms with E-state index in [9.17, 15) is 13.9 Å². The molecule has 2 nitrogen and oxygen atoms in total. The molecule has 1 N–H and O–H groups in total. The van der Waals surface area contributed by atoms with Crippen LogP contribution in [0, 0.1) is 19.8 Å². The monoisotopic (exact) mass is 231 g/mol. The summed E-state index contributed by atoms with van der Waals surface area (Å²) in [6.07, 6.45) is -4.40. The summed E-state index contributed by atoms with van der Waals surface area (Å²) in [4.78, 5) is 0. The largest absolute Gasteiger partial charge is 0.382 e. The zero-order valence-electron chi connectivity index (χ0n) is 10.2. The maximum absolute atomic E-state index is 12.4. The third-order valence-electron chi connectivity index (χ3n) is 2.72. The van der Waals surface area contributed by atoms with E-state index in [0.29, 0.717) is 11.5 Å². The molecule has 1 aromatic rings. The van der Waals surface area contributed by atoms with E-state index in [-0.39, 0.29) is 0 Å². The van der Waals surface area contributed by atoms with Crippen molar-refractivity contribution < 1.29 is 13.9 Å². The van der Waals surface area contributed by atoms with E-state index < -0.39 is 12.5 Å². The van der Waals surface area contributed by atoms with E-state index in [0.717, 1.165) is 17.9 Å². The van der Waals surface area contributed by atoms with Gasteiger partial charge in [0.25, 0.3) is 6.43 Å². The van der Waals surface area contributed by atoms with Crippen molar-refractivity contribution in [2.45, 2.75) is 46.8 Å². The minimum Gasteiger partial charge on any atom is -0.382 e. The zero-order chi connectivity index (χ0) is 12.5. The highest BCUT2D eigenvalue weighted by atomic mass is 19.3. The van der Waals surface area contributed by atoms with Gasteiger partial charge in [0.1, 0.15) is 6.10 Å². The Morgan fingerprint density at radius 1 is 1.31 bits per heavy atom. The van der Waals surface area contributed by atoms with Crippen LogP contribution in [-0.4, -0.2) is 16.1 Å². The molecule has 1 rings (SSSR count). The molecule has 0 bridgehead atoms. The number of aliphatic hydroxyl groups excluding tert-OH is 1. The fourth-order valence-electron chi connectivity index (χ4n) is 1.91. The fraction of sp³-hybridized carbons (Fsp3) is 0.667. The molecule has 0 radical (unpaired) electrons. The van der Waals surface area contributed by atoms with E-state index in [4.69, 9.17) is 0 Å². The molecule has 1 heterocycles. The van der Waals surface area contributed by atoms with Gasteiger partial charge in [-0.15, -0.1) is 0 Å². The lowest BCUT2D eigenvalue weighted by molar-refractivity contribution is -0.00618. The molecule has 0 saturated heterocycles. The van der Waals surface area contributed by atoms with Crippen molar-refractivity contribution in [2.24, 2.45) is 5.92 Å². The summed E-state index contributed by atoms with van der Waals surface area (Å²) in [7, 11) is 0. The Kier molecular flexibility index (Phi) is 4.08. The maximum Gasteiger partial charge on any atom is 0.268 e. The van der Waals surface area contributed by atoms with Crippen LogP contribution in [0.1, 0.15) is 36.9 Å². The van der Waals surface area contributed by atoms with Gasteiger partial charge in [0, 0.05) is 23.5 Å². The molecule has 0 aliphatic heterocycles. The van der Waals surface area contributed by atoms with E-state index >= 15 is 0 Å². The number of aliphatic hydroxyl groups is 1. The maximum atomic E-state index is 12.4.